The normalized spacial score (nSPS) is 22.6. The lowest BCUT2D eigenvalue weighted by Gasteiger charge is -2.72. The van der Waals surface area contributed by atoms with Gasteiger partial charge in [0.2, 0.25) is 0 Å². The molecule has 2 aromatic rings. The van der Waals surface area contributed by atoms with Gasteiger partial charge in [-0.3, -0.25) is 4.79 Å². The summed E-state index contributed by atoms with van der Waals surface area (Å²) < 4.78 is 30.6. The summed E-state index contributed by atoms with van der Waals surface area (Å²) in [7, 11) is 65.7. The number of carbonyl (C=O) groups excluding carboxylic acids is 1. The fourth-order valence-electron chi connectivity index (χ4n) is 4.15. The number of nitrogens with one attached hydrogen (secondary N) is 1. The number of likely N-dealkylation sites (tertiary alicyclic amines) is 1. The molecule has 1 saturated heterocycles. The first-order valence-corrected chi connectivity index (χ1v) is 11.2. The van der Waals surface area contributed by atoms with Crippen molar-refractivity contribution in [1.29, 1.82) is 0 Å². The zero-order valence-corrected chi connectivity index (χ0v) is 20.8. The van der Waals surface area contributed by atoms with Gasteiger partial charge in [0, 0.05) is 24.5 Å². The van der Waals surface area contributed by atoms with Gasteiger partial charge in [0.25, 0.3) is 5.91 Å². The van der Waals surface area contributed by atoms with Crippen molar-refractivity contribution >= 4 is 104 Å². The van der Waals surface area contributed by atoms with Crippen LogP contribution in [0.5, 0.6) is 0 Å². The number of halogens is 3. The Labute approximate surface area is 240 Å². The van der Waals surface area contributed by atoms with Crippen molar-refractivity contribution in [2.75, 3.05) is 6.54 Å². The Morgan fingerprint density at radius 2 is 1.61 bits per heavy atom. The van der Waals surface area contributed by atoms with E-state index in [0.29, 0.717) is 4.90 Å². The highest BCUT2D eigenvalue weighted by molar-refractivity contribution is 6.60. The van der Waals surface area contributed by atoms with Gasteiger partial charge in [0.05, 0.1) is 104 Å². The summed E-state index contributed by atoms with van der Waals surface area (Å²) in [5.74, 6) is -1.75. The Morgan fingerprint density at radius 3 is 2.11 bits per heavy atom. The van der Waals surface area contributed by atoms with Crippen molar-refractivity contribution in [1.82, 2.24) is 20.2 Å². The third kappa shape index (κ3) is 4.97. The number of amides is 1. The van der Waals surface area contributed by atoms with Crippen LogP contribution in [-0.2, 0) is 11.7 Å². The molecule has 0 saturated carbocycles. The summed E-state index contributed by atoms with van der Waals surface area (Å²) in [6.07, 6.45) is 2.46. The molecule has 1 fully saturated rings. The van der Waals surface area contributed by atoms with Crippen LogP contribution in [0.4, 0.5) is 8.78 Å². The number of nitrogens with zero attached hydrogens (tertiary/aromatic N) is 3. The summed E-state index contributed by atoms with van der Waals surface area (Å²) in [6, 6.07) is 2.98. The Hall–Kier alpha value is -1.41. The second-order valence-corrected chi connectivity index (χ2v) is 9.86. The van der Waals surface area contributed by atoms with Crippen LogP contribution < -0.4 is 5.32 Å². The molecule has 166 valence electrons. The average Bonchev–Trinajstić information content (AvgIpc) is 2.80. The number of benzene rings is 1. The van der Waals surface area contributed by atoms with Gasteiger partial charge in [-0.1, -0.05) is 16.8 Å². The highest BCUT2D eigenvalue weighted by atomic mass is 35.5. The number of aromatic nitrogens is 2. The van der Waals surface area contributed by atoms with Gasteiger partial charge in [0.15, 0.2) is 0 Å². The lowest BCUT2D eigenvalue weighted by molar-refractivity contribution is -0.0135. The molecule has 22 radical (unpaired) electrons. The van der Waals surface area contributed by atoms with Crippen molar-refractivity contribution < 1.29 is 13.6 Å². The van der Waals surface area contributed by atoms with Crippen molar-refractivity contribution in [3.05, 3.63) is 58.4 Å². The van der Waals surface area contributed by atoms with Gasteiger partial charge in [0.1, 0.15) is 11.6 Å². The molecule has 0 aliphatic carbocycles. The van der Waals surface area contributed by atoms with E-state index in [-0.39, 0.29) is 28.5 Å². The largest absolute Gasteiger partial charge is 0.352 e. The van der Waals surface area contributed by atoms with Crippen molar-refractivity contribution in [3.8, 4) is 0 Å². The predicted molar refractivity (Wildman–Crippen MR) is 151 cm³/mol. The number of carbonyl (C=O) groups is 1. The maximum Gasteiger partial charge on any atom is 0.252 e. The van der Waals surface area contributed by atoms with Gasteiger partial charge < -0.3 is 10.2 Å². The van der Waals surface area contributed by atoms with E-state index in [2.05, 4.69) is 15.3 Å². The molecule has 1 unspecified atom stereocenters. The number of alkyl halides is 1. The van der Waals surface area contributed by atoms with Crippen LogP contribution in [0.3, 0.4) is 0 Å². The molecule has 0 bridgehead atoms. The van der Waals surface area contributed by atoms with E-state index in [4.69, 9.17) is 97.9 Å². The Balaban J connectivity index is 1.96. The minimum atomic E-state index is -3.42. The van der Waals surface area contributed by atoms with Crippen molar-refractivity contribution in [3.63, 3.8) is 0 Å². The van der Waals surface area contributed by atoms with E-state index in [1.807, 2.05) is 0 Å². The first kappa shape index (κ1) is 31.1. The van der Waals surface area contributed by atoms with E-state index in [1.165, 1.54) is 12.4 Å². The molecule has 5 nitrogen and oxygen atoms in total. The minimum absolute atomic E-state index is 0.0359. The molecule has 19 heteroatoms. The smallest absolute Gasteiger partial charge is 0.252 e. The Kier molecular flexibility index (Phi) is 8.11. The summed E-state index contributed by atoms with van der Waals surface area (Å²) in [5.41, 5.74) is -3.43. The molecular weight excluding hydrogens is 493 g/mol. The maximum absolute atomic E-state index is 17.0. The van der Waals surface area contributed by atoms with Crippen molar-refractivity contribution in [2.45, 2.75) is 38.4 Å². The summed E-state index contributed by atoms with van der Waals surface area (Å²) in [6.45, 7) is -1.27. The molecule has 1 N–H and O–H groups in total. The first-order valence-electron chi connectivity index (χ1n) is 10.8. The SMILES string of the molecule is [B]C([B])([B])c1cnc(CNC([B])([B])C2(F)C([B])([B])CN(C(=O)c3ccc(F)c(Cl)c3)C([B])([B])C2([B])[B])nc1. The lowest BCUT2D eigenvalue weighted by Crippen LogP contribution is -2.83. The van der Waals surface area contributed by atoms with Crippen LogP contribution in [0.15, 0.2) is 30.6 Å². The second kappa shape index (κ2) is 9.90. The van der Waals surface area contributed by atoms with E-state index >= 15 is 4.39 Å². The van der Waals surface area contributed by atoms with Gasteiger partial charge in [-0.15, -0.1) is 5.11 Å². The molecule has 1 aromatic heterocycles. The molecule has 1 atom stereocenters. The van der Waals surface area contributed by atoms with Gasteiger partial charge in [-0.05, 0) is 39.7 Å². The highest BCUT2D eigenvalue weighted by Gasteiger charge is 2.69. The quantitative estimate of drug-likeness (QED) is 0.453. The van der Waals surface area contributed by atoms with Gasteiger partial charge in [-0.2, -0.15) is 0 Å². The average molecular weight is 503 g/mol. The zero-order valence-electron chi connectivity index (χ0n) is 20.0. The molecule has 1 aliphatic heterocycles. The minimum Gasteiger partial charge on any atom is -0.352 e. The molecule has 3 rings (SSSR count). The van der Waals surface area contributed by atoms with E-state index in [0.717, 1.165) is 18.2 Å². The zero-order chi connectivity index (χ0) is 29.1. The van der Waals surface area contributed by atoms with Gasteiger partial charge in [-0.25, -0.2) is 18.7 Å². The van der Waals surface area contributed by atoms with Crippen LogP contribution in [0.2, 0.25) is 15.5 Å². The number of hydrogen-bond acceptors (Lipinski definition) is 4. The first-order chi connectivity index (χ1) is 17.1. The van der Waals surface area contributed by atoms with Crippen LogP contribution in [-0.4, -0.2) is 130 Å². The molecule has 0 spiro atoms. The second-order valence-electron chi connectivity index (χ2n) is 9.46. The van der Waals surface area contributed by atoms with E-state index in [9.17, 15) is 9.18 Å². The molecule has 38 heavy (non-hydrogen) atoms. The lowest BCUT2D eigenvalue weighted by atomic mass is 9.17. The highest BCUT2D eigenvalue weighted by Crippen LogP contribution is 2.62. The number of hydrogen-bond donors (Lipinski definition) is 1. The van der Waals surface area contributed by atoms with Crippen LogP contribution in [0.1, 0.15) is 21.7 Å². The van der Waals surface area contributed by atoms with Crippen LogP contribution in [0, 0.1) is 5.82 Å². The standard InChI is InChI=1S/C19H10B11ClF2N4O/c20-14(21)7-37(13(38)8-1-2-11(32)10(31)3-8)19(29,30)17(25,26)16(14,33)18(27,28)36-6-12-34-4-9(5-35-12)15(22,23)24/h1-5,36H,6-7H2. The van der Waals surface area contributed by atoms with E-state index in [1.54, 1.807) is 0 Å². The predicted octanol–water partition coefficient (Wildman–Crippen LogP) is -2.27. The monoisotopic (exact) mass is 504 g/mol. The number of rotatable bonds is 6. The Bertz CT molecular complexity index is 1230. The van der Waals surface area contributed by atoms with E-state index < -0.39 is 50.2 Å². The molecule has 2 heterocycles. The fourth-order valence-corrected chi connectivity index (χ4v) is 4.34. The summed E-state index contributed by atoms with van der Waals surface area (Å²) >= 11 is 5.76. The van der Waals surface area contributed by atoms with Gasteiger partial charge >= 0.3 is 0 Å². The molecule has 1 aromatic carbocycles. The number of piperidine rings is 1. The molecule has 1 aliphatic rings. The topological polar surface area (TPSA) is 58.1 Å². The fraction of sp³-hybridized carbons (Fsp3) is 0.421. The summed E-state index contributed by atoms with van der Waals surface area (Å²) in [4.78, 5) is 21.8. The van der Waals surface area contributed by atoms with Crippen LogP contribution in [0.25, 0.3) is 0 Å². The maximum atomic E-state index is 17.0. The molecule has 1 amide bonds. The third-order valence-electron chi connectivity index (χ3n) is 6.47. The van der Waals surface area contributed by atoms with Crippen molar-refractivity contribution in [2.24, 2.45) is 0 Å². The molecular formula is C19H10B11ClF2N4O. The third-order valence-corrected chi connectivity index (χ3v) is 6.76. The Morgan fingerprint density at radius 1 is 1.05 bits per heavy atom. The van der Waals surface area contributed by atoms with Crippen LogP contribution >= 0.6 is 11.6 Å². The summed E-state index contributed by atoms with van der Waals surface area (Å²) in [5, 5.41) is -10.8.